The molecule has 48 heavy (non-hydrogen) atoms. The zero-order chi connectivity index (χ0) is 33.4. The average molecular weight is 681 g/mol. The highest BCUT2D eigenvalue weighted by molar-refractivity contribution is 5.05. The molecule has 2 unspecified atom stereocenters. The van der Waals surface area contributed by atoms with Crippen LogP contribution in [0, 0.1) is 11.8 Å². The Hall–Kier alpha value is -0.920. The molecular formula is C38H64O10. The van der Waals surface area contributed by atoms with Gasteiger partial charge in [-0.1, -0.05) is 39.3 Å². The fourth-order valence-electron chi connectivity index (χ4n) is 9.21. The highest BCUT2D eigenvalue weighted by Gasteiger charge is 2.60. The molecule has 0 aromatic heterocycles. The van der Waals surface area contributed by atoms with Gasteiger partial charge in [-0.05, 0) is 58.8 Å². The maximum Gasteiger partial charge on any atom is 0.169 e. The van der Waals surface area contributed by atoms with E-state index in [9.17, 15) is 15.3 Å². The van der Waals surface area contributed by atoms with Crippen LogP contribution >= 0.6 is 0 Å². The number of hydrogen-bond acceptors (Lipinski definition) is 10. The first-order chi connectivity index (χ1) is 22.5. The van der Waals surface area contributed by atoms with Crippen molar-refractivity contribution in [2.75, 3.05) is 13.2 Å². The lowest BCUT2D eigenvalue weighted by Crippen LogP contribution is -2.58. The lowest BCUT2D eigenvalue weighted by Gasteiger charge is -2.42. The molecule has 5 saturated heterocycles. The monoisotopic (exact) mass is 680 g/mol. The number of aliphatic hydroxyl groups excluding tert-OH is 3. The van der Waals surface area contributed by atoms with E-state index in [1.807, 2.05) is 12.2 Å². The molecule has 7 rings (SSSR count). The first-order valence-electron chi connectivity index (χ1n) is 18.4. The Balaban J connectivity index is 0.000000186. The zero-order valence-electron chi connectivity index (χ0n) is 28.8. The topological polar surface area (TPSA) is 125 Å². The van der Waals surface area contributed by atoms with Crippen molar-refractivity contribution in [3.05, 3.63) is 25.3 Å². The van der Waals surface area contributed by atoms with Crippen molar-refractivity contribution in [3.8, 4) is 0 Å². The summed E-state index contributed by atoms with van der Waals surface area (Å²) < 4.78 is 43.9. The molecule has 0 aromatic rings. The maximum absolute atomic E-state index is 10.8. The van der Waals surface area contributed by atoms with Gasteiger partial charge in [0.15, 0.2) is 11.6 Å². The van der Waals surface area contributed by atoms with Gasteiger partial charge < -0.3 is 48.5 Å². The molecule has 0 radical (unpaired) electrons. The van der Waals surface area contributed by atoms with E-state index in [4.69, 9.17) is 33.2 Å². The first-order valence-corrected chi connectivity index (χ1v) is 18.4. The summed E-state index contributed by atoms with van der Waals surface area (Å²) in [5.74, 6) is -0.591. The molecule has 2 saturated carbocycles. The van der Waals surface area contributed by atoms with E-state index in [1.54, 1.807) is 0 Å². The van der Waals surface area contributed by atoms with Crippen LogP contribution in [0.25, 0.3) is 0 Å². The zero-order valence-corrected chi connectivity index (χ0v) is 28.8. The van der Waals surface area contributed by atoms with Crippen LogP contribution in [0.1, 0.15) is 112 Å². The average Bonchev–Trinajstić information content (AvgIpc) is 3.74. The molecule has 12 atom stereocenters. The molecule has 3 N–H and O–H groups in total. The molecule has 2 spiro atoms. The van der Waals surface area contributed by atoms with E-state index < -0.39 is 29.9 Å². The summed E-state index contributed by atoms with van der Waals surface area (Å²) in [6, 6.07) is 0. The van der Waals surface area contributed by atoms with Crippen molar-refractivity contribution in [2.45, 2.75) is 190 Å². The Morgan fingerprint density at radius 2 is 1.29 bits per heavy atom. The summed E-state index contributed by atoms with van der Waals surface area (Å²) in [4.78, 5) is 0. The highest BCUT2D eigenvalue weighted by atomic mass is 16.8. The van der Waals surface area contributed by atoms with E-state index in [2.05, 4.69) is 33.9 Å². The SMILES string of the molecule is C.C=CC[C@@H]1O[C@@H]([C@H](O)CO)C2OC3(CCCCC3)O[C@H]2[C@H]1C.C=CC[C@@H]1O[C@@H]([C@H]2COC(C)(C)C2)C2OC3(CCCCC3)O[C@H]2[C@H]1O. The molecule has 0 amide bonds. The Morgan fingerprint density at radius 1 is 0.750 bits per heavy atom. The summed E-state index contributed by atoms with van der Waals surface area (Å²) in [7, 11) is 0. The smallest absolute Gasteiger partial charge is 0.169 e. The van der Waals surface area contributed by atoms with Gasteiger partial charge in [0.2, 0.25) is 0 Å². The van der Waals surface area contributed by atoms with Crippen molar-refractivity contribution >= 4 is 0 Å². The Labute approximate surface area is 288 Å². The number of hydrogen-bond donors (Lipinski definition) is 3. The normalized spacial score (nSPS) is 42.9. The van der Waals surface area contributed by atoms with Gasteiger partial charge in [0.1, 0.15) is 36.6 Å². The molecular weight excluding hydrogens is 616 g/mol. The lowest BCUT2D eigenvalue weighted by molar-refractivity contribution is -0.210. The van der Waals surface area contributed by atoms with Gasteiger partial charge in [-0.2, -0.15) is 0 Å². The van der Waals surface area contributed by atoms with Gasteiger partial charge in [-0.15, -0.1) is 13.2 Å². The largest absolute Gasteiger partial charge is 0.394 e. The van der Waals surface area contributed by atoms with Crippen molar-refractivity contribution in [1.29, 1.82) is 0 Å². The van der Waals surface area contributed by atoms with Crippen LogP contribution in [0.4, 0.5) is 0 Å². The van der Waals surface area contributed by atoms with Crippen LogP contribution in [0.5, 0.6) is 0 Å². The Kier molecular flexibility index (Phi) is 12.6. The van der Waals surface area contributed by atoms with E-state index in [1.165, 1.54) is 12.8 Å². The summed E-state index contributed by atoms with van der Waals surface area (Å²) in [5.41, 5.74) is -0.129. The molecule has 276 valence electrons. The molecule has 7 aliphatic rings. The third-order valence-electron chi connectivity index (χ3n) is 11.7. The van der Waals surface area contributed by atoms with Gasteiger partial charge in [0.05, 0.1) is 43.2 Å². The molecule has 5 heterocycles. The van der Waals surface area contributed by atoms with Gasteiger partial charge in [-0.25, -0.2) is 0 Å². The number of fused-ring (bicyclic) bond motifs is 2. The van der Waals surface area contributed by atoms with Crippen molar-refractivity contribution in [3.63, 3.8) is 0 Å². The van der Waals surface area contributed by atoms with Crippen LogP contribution in [-0.4, -0.2) is 107 Å². The van der Waals surface area contributed by atoms with Gasteiger partial charge in [0, 0.05) is 37.5 Å². The van der Waals surface area contributed by atoms with Gasteiger partial charge in [0.25, 0.3) is 0 Å². The Morgan fingerprint density at radius 3 is 1.83 bits per heavy atom. The third kappa shape index (κ3) is 7.78. The van der Waals surface area contributed by atoms with E-state index in [0.29, 0.717) is 19.4 Å². The van der Waals surface area contributed by atoms with Crippen LogP contribution < -0.4 is 0 Å². The quantitative estimate of drug-likeness (QED) is 0.303. The molecule has 5 aliphatic heterocycles. The standard InChI is InChI=1S/C20H32O5.C17H28O5.CH4/c1-4-8-14-15(21)17-18(25-20(24-17)9-6-5-7-10-20)16(23-14)13-11-19(2,3)22-12-13;1-3-7-13-11(2)14-16(15(20-13)12(19)10-18)22-17(21-14)8-5-4-6-9-17;/h4,13-18,21H,1,5-12H2,2-3H3;3,11-16,18-19H,1,4-10H2,2H3;1H4/t13-,14+,15+,16+,17+,18?;11-,12+,13-,14-,15-,16?;/m10./s1. The molecule has 10 heteroatoms. The molecule has 7 fully saturated rings. The molecule has 10 nitrogen and oxygen atoms in total. The predicted molar refractivity (Wildman–Crippen MR) is 181 cm³/mol. The second-order valence-electron chi connectivity index (χ2n) is 15.7. The van der Waals surface area contributed by atoms with Crippen LogP contribution in [0.2, 0.25) is 0 Å². The first kappa shape index (κ1) is 38.3. The minimum Gasteiger partial charge on any atom is -0.394 e. The fraction of sp³-hybridized carbons (Fsp3) is 0.895. The minimum absolute atomic E-state index is 0. The third-order valence-corrected chi connectivity index (χ3v) is 11.7. The van der Waals surface area contributed by atoms with Crippen LogP contribution in [0.3, 0.4) is 0 Å². The number of ether oxygens (including phenoxy) is 7. The second-order valence-corrected chi connectivity index (χ2v) is 15.7. The Bertz CT molecular complexity index is 1050. The summed E-state index contributed by atoms with van der Waals surface area (Å²) in [6.45, 7) is 14.3. The number of rotatable bonds is 7. The second kappa shape index (κ2) is 15.8. The number of aliphatic hydroxyl groups is 3. The predicted octanol–water partition coefficient (Wildman–Crippen LogP) is 5.35. The molecule has 0 aromatic carbocycles. The minimum atomic E-state index is -0.949. The van der Waals surface area contributed by atoms with Gasteiger partial charge >= 0.3 is 0 Å². The van der Waals surface area contributed by atoms with Gasteiger partial charge in [-0.3, -0.25) is 0 Å². The lowest BCUT2D eigenvalue weighted by atomic mass is 9.84. The van der Waals surface area contributed by atoms with Crippen LogP contribution in [-0.2, 0) is 33.2 Å². The maximum atomic E-state index is 10.8. The van der Waals surface area contributed by atoms with Crippen LogP contribution in [0.15, 0.2) is 25.3 Å². The molecule has 2 aliphatic carbocycles. The van der Waals surface area contributed by atoms with Crippen molar-refractivity contribution in [1.82, 2.24) is 0 Å². The van der Waals surface area contributed by atoms with E-state index in [-0.39, 0.29) is 74.2 Å². The summed E-state index contributed by atoms with van der Waals surface area (Å²) >= 11 is 0. The van der Waals surface area contributed by atoms with E-state index in [0.717, 1.165) is 57.8 Å². The van der Waals surface area contributed by atoms with E-state index >= 15 is 0 Å². The summed E-state index contributed by atoms with van der Waals surface area (Å²) in [5, 5.41) is 30.3. The highest BCUT2D eigenvalue weighted by Crippen LogP contribution is 2.49. The fourth-order valence-corrected chi connectivity index (χ4v) is 9.21. The molecule has 0 bridgehead atoms. The van der Waals surface area contributed by atoms with Crippen molar-refractivity contribution < 1.29 is 48.5 Å². The van der Waals surface area contributed by atoms with Crippen molar-refractivity contribution in [2.24, 2.45) is 11.8 Å². The summed E-state index contributed by atoms with van der Waals surface area (Å²) in [6.07, 6.45) is 12.9.